The SMILES string of the molecule is COCCC(N)C(=O)NCC(C)O. The summed E-state index contributed by atoms with van der Waals surface area (Å²) >= 11 is 0. The minimum atomic E-state index is -0.557. The predicted octanol–water partition coefficient (Wildman–Crippen LogP) is -1.15. The van der Waals surface area contributed by atoms with Crippen molar-refractivity contribution in [2.45, 2.75) is 25.5 Å². The van der Waals surface area contributed by atoms with Crippen molar-refractivity contribution >= 4 is 5.91 Å². The molecule has 0 aromatic carbocycles. The summed E-state index contributed by atoms with van der Waals surface area (Å²) in [7, 11) is 1.56. The van der Waals surface area contributed by atoms with E-state index in [-0.39, 0.29) is 12.5 Å². The molecule has 78 valence electrons. The molecule has 0 radical (unpaired) electrons. The van der Waals surface area contributed by atoms with Gasteiger partial charge >= 0.3 is 0 Å². The number of nitrogens with two attached hydrogens (primary N) is 1. The van der Waals surface area contributed by atoms with Crippen LogP contribution in [0.3, 0.4) is 0 Å². The Morgan fingerprint density at radius 2 is 2.31 bits per heavy atom. The molecule has 0 spiro atoms. The number of carbonyl (C=O) groups excluding carboxylic acids is 1. The lowest BCUT2D eigenvalue weighted by atomic mass is 10.2. The lowest BCUT2D eigenvalue weighted by Gasteiger charge is -2.12. The van der Waals surface area contributed by atoms with Crippen molar-refractivity contribution in [3.63, 3.8) is 0 Å². The molecular weight excluding hydrogens is 172 g/mol. The maximum atomic E-state index is 11.2. The minimum absolute atomic E-state index is 0.236. The Balaban J connectivity index is 3.57. The summed E-state index contributed by atoms with van der Waals surface area (Å²) in [4.78, 5) is 11.2. The van der Waals surface area contributed by atoms with Crippen LogP contribution in [-0.4, -0.2) is 43.4 Å². The van der Waals surface area contributed by atoms with Crippen LogP contribution in [0.15, 0.2) is 0 Å². The van der Waals surface area contributed by atoms with Gasteiger partial charge in [0.15, 0.2) is 0 Å². The summed E-state index contributed by atoms with van der Waals surface area (Å²) in [5.74, 6) is -0.252. The number of methoxy groups -OCH3 is 1. The highest BCUT2D eigenvalue weighted by Gasteiger charge is 2.12. The predicted molar refractivity (Wildman–Crippen MR) is 49.2 cm³/mol. The van der Waals surface area contributed by atoms with Crippen LogP contribution < -0.4 is 11.1 Å². The van der Waals surface area contributed by atoms with Gasteiger partial charge in [0.1, 0.15) is 0 Å². The number of ether oxygens (including phenoxy) is 1. The number of hydrogen-bond donors (Lipinski definition) is 3. The number of nitrogens with one attached hydrogen (secondary N) is 1. The summed E-state index contributed by atoms with van der Waals surface area (Å²) in [6, 6.07) is -0.557. The molecule has 0 rings (SSSR count). The number of aliphatic hydroxyl groups is 1. The van der Waals surface area contributed by atoms with Gasteiger partial charge in [0.25, 0.3) is 0 Å². The first-order valence-corrected chi connectivity index (χ1v) is 4.28. The molecule has 1 amide bonds. The van der Waals surface area contributed by atoms with Gasteiger partial charge in [-0.05, 0) is 13.3 Å². The van der Waals surface area contributed by atoms with Crippen molar-refractivity contribution in [3.8, 4) is 0 Å². The van der Waals surface area contributed by atoms with E-state index in [1.165, 1.54) is 0 Å². The van der Waals surface area contributed by atoms with Crippen LogP contribution in [0.4, 0.5) is 0 Å². The average molecular weight is 190 g/mol. The van der Waals surface area contributed by atoms with Gasteiger partial charge in [0.2, 0.25) is 5.91 Å². The van der Waals surface area contributed by atoms with Crippen LogP contribution >= 0.6 is 0 Å². The Hall–Kier alpha value is -0.650. The van der Waals surface area contributed by atoms with E-state index in [1.54, 1.807) is 14.0 Å². The highest BCUT2D eigenvalue weighted by atomic mass is 16.5. The summed E-state index contributed by atoms with van der Waals surface area (Å²) < 4.78 is 4.78. The van der Waals surface area contributed by atoms with Crippen LogP contribution in [0.2, 0.25) is 0 Å². The quantitative estimate of drug-likeness (QED) is 0.493. The molecule has 0 saturated heterocycles. The minimum Gasteiger partial charge on any atom is -0.392 e. The van der Waals surface area contributed by atoms with Gasteiger partial charge in [-0.25, -0.2) is 0 Å². The van der Waals surface area contributed by atoms with E-state index in [0.717, 1.165) is 0 Å². The van der Waals surface area contributed by atoms with Crippen molar-refractivity contribution in [2.24, 2.45) is 5.73 Å². The van der Waals surface area contributed by atoms with Crippen molar-refractivity contribution in [3.05, 3.63) is 0 Å². The Morgan fingerprint density at radius 3 is 2.77 bits per heavy atom. The van der Waals surface area contributed by atoms with Gasteiger partial charge in [0, 0.05) is 20.3 Å². The van der Waals surface area contributed by atoms with Crippen LogP contribution in [-0.2, 0) is 9.53 Å². The second-order valence-corrected chi connectivity index (χ2v) is 2.98. The zero-order valence-corrected chi connectivity index (χ0v) is 8.12. The fourth-order valence-corrected chi connectivity index (χ4v) is 0.755. The number of hydrogen-bond acceptors (Lipinski definition) is 4. The van der Waals surface area contributed by atoms with E-state index in [1.807, 2.05) is 0 Å². The van der Waals surface area contributed by atoms with Gasteiger partial charge in [-0.1, -0.05) is 0 Å². The van der Waals surface area contributed by atoms with E-state index in [0.29, 0.717) is 13.0 Å². The molecule has 2 atom stereocenters. The molecule has 0 heterocycles. The smallest absolute Gasteiger partial charge is 0.237 e. The zero-order valence-electron chi connectivity index (χ0n) is 8.12. The number of aliphatic hydroxyl groups excluding tert-OH is 1. The van der Waals surface area contributed by atoms with E-state index < -0.39 is 12.1 Å². The zero-order chi connectivity index (χ0) is 10.3. The van der Waals surface area contributed by atoms with E-state index in [4.69, 9.17) is 15.6 Å². The maximum Gasteiger partial charge on any atom is 0.237 e. The van der Waals surface area contributed by atoms with Crippen LogP contribution in [0.25, 0.3) is 0 Å². The topological polar surface area (TPSA) is 84.6 Å². The first-order chi connectivity index (χ1) is 6.07. The average Bonchev–Trinajstić information content (AvgIpc) is 2.10. The normalized spacial score (nSPS) is 15.1. The van der Waals surface area contributed by atoms with Crippen molar-refractivity contribution in [1.82, 2.24) is 5.32 Å². The van der Waals surface area contributed by atoms with Gasteiger partial charge in [0.05, 0.1) is 12.1 Å². The third-order valence-corrected chi connectivity index (χ3v) is 1.54. The molecule has 0 aliphatic heterocycles. The molecule has 0 saturated carbocycles. The second-order valence-electron chi connectivity index (χ2n) is 2.98. The third kappa shape index (κ3) is 6.51. The summed E-state index contributed by atoms with van der Waals surface area (Å²) in [5.41, 5.74) is 5.52. The Morgan fingerprint density at radius 1 is 1.69 bits per heavy atom. The molecule has 0 aliphatic carbocycles. The highest BCUT2D eigenvalue weighted by molar-refractivity contribution is 5.81. The lowest BCUT2D eigenvalue weighted by Crippen LogP contribution is -2.43. The molecule has 0 aromatic rings. The van der Waals surface area contributed by atoms with E-state index in [9.17, 15) is 4.79 Å². The van der Waals surface area contributed by atoms with Crippen molar-refractivity contribution < 1.29 is 14.6 Å². The Labute approximate surface area is 78.3 Å². The molecule has 2 unspecified atom stereocenters. The standard InChI is InChI=1S/C8H18N2O3/c1-6(11)5-10-8(12)7(9)3-4-13-2/h6-7,11H,3-5,9H2,1-2H3,(H,10,12). The Bertz CT molecular complexity index is 150. The highest BCUT2D eigenvalue weighted by Crippen LogP contribution is 1.88. The summed E-state index contributed by atoms with van der Waals surface area (Å²) in [6.45, 7) is 2.30. The van der Waals surface area contributed by atoms with Gasteiger partial charge in [-0.15, -0.1) is 0 Å². The molecule has 0 aliphatic rings. The monoisotopic (exact) mass is 190 g/mol. The van der Waals surface area contributed by atoms with Crippen molar-refractivity contribution in [1.29, 1.82) is 0 Å². The number of amides is 1. The van der Waals surface area contributed by atoms with E-state index >= 15 is 0 Å². The van der Waals surface area contributed by atoms with Crippen molar-refractivity contribution in [2.75, 3.05) is 20.3 Å². The first-order valence-electron chi connectivity index (χ1n) is 4.28. The van der Waals surface area contributed by atoms with Gasteiger partial charge in [-0.2, -0.15) is 0 Å². The summed E-state index contributed by atoms with van der Waals surface area (Å²) in [5, 5.41) is 11.4. The molecular formula is C8H18N2O3. The number of carbonyl (C=O) groups is 1. The lowest BCUT2D eigenvalue weighted by molar-refractivity contribution is -0.123. The van der Waals surface area contributed by atoms with Crippen LogP contribution in [0.5, 0.6) is 0 Å². The molecule has 0 fully saturated rings. The molecule has 5 nitrogen and oxygen atoms in total. The number of rotatable bonds is 6. The van der Waals surface area contributed by atoms with Crippen LogP contribution in [0.1, 0.15) is 13.3 Å². The Kier molecular flexibility index (Phi) is 6.48. The first kappa shape index (κ1) is 12.3. The second kappa shape index (κ2) is 6.82. The maximum absolute atomic E-state index is 11.2. The van der Waals surface area contributed by atoms with E-state index in [2.05, 4.69) is 5.32 Å². The largest absolute Gasteiger partial charge is 0.392 e. The van der Waals surface area contributed by atoms with Gasteiger partial charge in [-0.3, -0.25) is 4.79 Å². The fraction of sp³-hybridized carbons (Fsp3) is 0.875. The third-order valence-electron chi connectivity index (χ3n) is 1.54. The fourth-order valence-electron chi connectivity index (χ4n) is 0.755. The van der Waals surface area contributed by atoms with Gasteiger partial charge < -0.3 is 20.9 Å². The molecule has 4 N–H and O–H groups in total. The molecule has 13 heavy (non-hydrogen) atoms. The summed E-state index contributed by atoms with van der Waals surface area (Å²) in [6.07, 6.45) is -0.0547. The molecule has 0 bridgehead atoms. The molecule has 0 aromatic heterocycles. The van der Waals surface area contributed by atoms with Crippen LogP contribution in [0, 0.1) is 0 Å². The molecule has 5 heteroatoms.